The van der Waals surface area contributed by atoms with Crippen molar-refractivity contribution in [3.63, 3.8) is 0 Å². The van der Waals surface area contributed by atoms with E-state index >= 15 is 0 Å². The van der Waals surface area contributed by atoms with E-state index < -0.39 is 17.4 Å². The lowest BCUT2D eigenvalue weighted by Crippen LogP contribution is -2.09. The van der Waals surface area contributed by atoms with Gasteiger partial charge in [-0.25, -0.2) is 8.78 Å². The maximum Gasteiger partial charge on any atom is 0.167 e. The minimum Gasteiger partial charge on any atom is -0.505 e. The maximum absolute atomic E-state index is 13.3. The molecule has 0 saturated carbocycles. The zero-order valence-corrected chi connectivity index (χ0v) is 7.56. The second-order valence-electron chi connectivity index (χ2n) is 3.51. The van der Waals surface area contributed by atoms with Crippen LogP contribution in [0.1, 0.15) is 17.9 Å². The summed E-state index contributed by atoms with van der Waals surface area (Å²) in [7, 11) is 0. The van der Waals surface area contributed by atoms with Gasteiger partial charge in [0.05, 0.1) is 0 Å². The van der Waals surface area contributed by atoms with Crippen LogP contribution in [0.15, 0.2) is 12.1 Å². The number of rotatable bonds is 1. The van der Waals surface area contributed by atoms with Crippen LogP contribution in [-0.4, -0.2) is 18.2 Å². The van der Waals surface area contributed by atoms with Gasteiger partial charge in [0, 0.05) is 18.5 Å². The quantitative estimate of drug-likeness (QED) is 0.722. The van der Waals surface area contributed by atoms with Crippen LogP contribution >= 0.6 is 0 Å². The predicted molar refractivity (Wildman–Crippen MR) is 48.3 cm³/mol. The predicted octanol–water partition coefficient (Wildman–Crippen LogP) is 1.75. The molecular formula is C10H11F2NO. The monoisotopic (exact) mass is 199 g/mol. The molecule has 2 rings (SSSR count). The fourth-order valence-corrected chi connectivity index (χ4v) is 1.79. The number of phenols is 1. The molecule has 1 unspecified atom stereocenters. The highest BCUT2D eigenvalue weighted by atomic mass is 19.1. The van der Waals surface area contributed by atoms with Crippen LogP contribution in [-0.2, 0) is 0 Å². The van der Waals surface area contributed by atoms with Crippen molar-refractivity contribution in [3.8, 4) is 5.75 Å². The Morgan fingerprint density at radius 2 is 2.07 bits per heavy atom. The van der Waals surface area contributed by atoms with Crippen LogP contribution in [0, 0.1) is 11.6 Å². The highest BCUT2D eigenvalue weighted by Gasteiger charge is 2.21. The fourth-order valence-electron chi connectivity index (χ4n) is 1.79. The Balaban J connectivity index is 2.37. The van der Waals surface area contributed by atoms with Gasteiger partial charge < -0.3 is 10.4 Å². The first kappa shape index (κ1) is 9.40. The van der Waals surface area contributed by atoms with Crippen molar-refractivity contribution in [2.24, 2.45) is 0 Å². The topological polar surface area (TPSA) is 32.3 Å². The normalized spacial score (nSPS) is 21.4. The number of halogens is 2. The summed E-state index contributed by atoms with van der Waals surface area (Å²) in [6.07, 6.45) is 0.821. The van der Waals surface area contributed by atoms with Gasteiger partial charge >= 0.3 is 0 Å². The number of hydrogen-bond donors (Lipinski definition) is 2. The first-order valence-electron chi connectivity index (χ1n) is 4.57. The lowest BCUT2D eigenvalue weighted by molar-refractivity contribution is 0.424. The molecule has 1 heterocycles. The molecule has 1 aliphatic heterocycles. The molecule has 0 aliphatic carbocycles. The second-order valence-corrected chi connectivity index (χ2v) is 3.51. The molecule has 1 fully saturated rings. The van der Waals surface area contributed by atoms with Gasteiger partial charge in [0.15, 0.2) is 11.6 Å². The highest BCUT2D eigenvalue weighted by molar-refractivity contribution is 5.33. The molecule has 2 nitrogen and oxygen atoms in total. The van der Waals surface area contributed by atoms with E-state index in [-0.39, 0.29) is 5.92 Å². The Hall–Kier alpha value is -1.16. The van der Waals surface area contributed by atoms with Crippen LogP contribution in [0.3, 0.4) is 0 Å². The Morgan fingerprint density at radius 1 is 1.29 bits per heavy atom. The molecule has 14 heavy (non-hydrogen) atoms. The summed E-state index contributed by atoms with van der Waals surface area (Å²) in [4.78, 5) is 0. The third kappa shape index (κ3) is 1.57. The summed E-state index contributed by atoms with van der Waals surface area (Å²) < 4.78 is 26.0. The van der Waals surface area contributed by atoms with E-state index in [1.807, 2.05) is 0 Å². The van der Waals surface area contributed by atoms with E-state index in [4.69, 9.17) is 5.11 Å². The van der Waals surface area contributed by atoms with Crippen molar-refractivity contribution in [2.75, 3.05) is 13.1 Å². The summed E-state index contributed by atoms with van der Waals surface area (Å²) in [6, 6.07) is 1.92. The SMILES string of the molecule is Oc1cc(C2CCNC2)c(F)cc1F. The minimum absolute atomic E-state index is 0.0431. The van der Waals surface area contributed by atoms with Crippen molar-refractivity contribution in [3.05, 3.63) is 29.3 Å². The van der Waals surface area contributed by atoms with Gasteiger partial charge in [0.1, 0.15) is 5.82 Å². The van der Waals surface area contributed by atoms with Crippen LogP contribution in [0.5, 0.6) is 5.75 Å². The molecule has 0 radical (unpaired) electrons. The number of benzene rings is 1. The maximum atomic E-state index is 13.3. The van der Waals surface area contributed by atoms with Crippen molar-refractivity contribution < 1.29 is 13.9 Å². The van der Waals surface area contributed by atoms with E-state index in [2.05, 4.69) is 5.32 Å². The largest absolute Gasteiger partial charge is 0.505 e. The summed E-state index contributed by atoms with van der Waals surface area (Å²) >= 11 is 0. The van der Waals surface area contributed by atoms with Crippen molar-refractivity contribution in [2.45, 2.75) is 12.3 Å². The molecule has 1 aliphatic rings. The average Bonchev–Trinajstić information content (AvgIpc) is 2.64. The second kappa shape index (κ2) is 3.53. The number of phenolic OH excluding ortho intramolecular Hbond substituents is 1. The first-order chi connectivity index (χ1) is 6.68. The molecule has 0 bridgehead atoms. The minimum atomic E-state index is -0.905. The van der Waals surface area contributed by atoms with Gasteiger partial charge in [-0.15, -0.1) is 0 Å². The average molecular weight is 199 g/mol. The number of aromatic hydroxyl groups is 1. The molecule has 0 aromatic heterocycles. The van der Waals surface area contributed by atoms with Crippen molar-refractivity contribution in [1.82, 2.24) is 5.32 Å². The molecule has 2 N–H and O–H groups in total. The standard InChI is InChI=1S/C10H11F2NO/c11-8-4-9(12)10(14)3-7(8)6-1-2-13-5-6/h3-4,6,13-14H,1-2,5H2. The zero-order chi connectivity index (χ0) is 10.1. The van der Waals surface area contributed by atoms with Crippen LogP contribution < -0.4 is 5.32 Å². The molecule has 4 heteroatoms. The first-order valence-corrected chi connectivity index (χ1v) is 4.57. The van der Waals surface area contributed by atoms with E-state index in [0.29, 0.717) is 12.1 Å². The van der Waals surface area contributed by atoms with Crippen LogP contribution in [0.25, 0.3) is 0 Å². The fraction of sp³-hybridized carbons (Fsp3) is 0.400. The third-order valence-electron chi connectivity index (χ3n) is 2.57. The van der Waals surface area contributed by atoms with Crippen molar-refractivity contribution in [1.29, 1.82) is 0 Å². The summed E-state index contributed by atoms with van der Waals surface area (Å²) in [5.41, 5.74) is 0.397. The zero-order valence-electron chi connectivity index (χ0n) is 7.56. The van der Waals surface area contributed by atoms with Gasteiger partial charge in [0.25, 0.3) is 0 Å². The number of nitrogens with one attached hydrogen (secondary N) is 1. The van der Waals surface area contributed by atoms with E-state index in [0.717, 1.165) is 19.0 Å². The van der Waals surface area contributed by atoms with Crippen LogP contribution in [0.4, 0.5) is 8.78 Å². The lowest BCUT2D eigenvalue weighted by atomic mass is 9.97. The molecule has 0 spiro atoms. The molecule has 1 atom stereocenters. The molecule has 1 saturated heterocycles. The Labute approximate surface area is 80.6 Å². The van der Waals surface area contributed by atoms with Gasteiger partial charge in [-0.1, -0.05) is 0 Å². The summed E-state index contributed by atoms with van der Waals surface area (Å²) in [6.45, 7) is 1.52. The van der Waals surface area contributed by atoms with Gasteiger partial charge in [-0.05, 0) is 24.6 Å². The Kier molecular flexibility index (Phi) is 2.37. The van der Waals surface area contributed by atoms with E-state index in [1.54, 1.807) is 0 Å². The summed E-state index contributed by atoms with van der Waals surface area (Å²) in [5.74, 6) is -1.92. The lowest BCUT2D eigenvalue weighted by Gasteiger charge is -2.10. The van der Waals surface area contributed by atoms with Gasteiger partial charge in [-0.3, -0.25) is 0 Å². The van der Waals surface area contributed by atoms with E-state index in [1.165, 1.54) is 6.07 Å². The van der Waals surface area contributed by atoms with Gasteiger partial charge in [-0.2, -0.15) is 0 Å². The molecule has 0 amide bonds. The molecule has 76 valence electrons. The Bertz CT molecular complexity index is 348. The summed E-state index contributed by atoms with van der Waals surface area (Å²) in [5, 5.41) is 12.2. The molecule has 1 aromatic rings. The highest BCUT2D eigenvalue weighted by Crippen LogP contribution is 2.29. The molecular weight excluding hydrogens is 188 g/mol. The van der Waals surface area contributed by atoms with Crippen LogP contribution in [0.2, 0.25) is 0 Å². The Morgan fingerprint density at radius 3 is 2.71 bits per heavy atom. The smallest absolute Gasteiger partial charge is 0.167 e. The van der Waals surface area contributed by atoms with E-state index in [9.17, 15) is 8.78 Å². The molecule has 1 aromatic carbocycles. The number of hydrogen-bond acceptors (Lipinski definition) is 2. The van der Waals surface area contributed by atoms with Crippen molar-refractivity contribution >= 4 is 0 Å². The van der Waals surface area contributed by atoms with Gasteiger partial charge in [0.2, 0.25) is 0 Å². The third-order valence-corrected chi connectivity index (χ3v) is 2.57.